The molecule has 13 rings (SSSR count). The fourth-order valence-corrected chi connectivity index (χ4v) is 10.7. The Morgan fingerprint density at radius 1 is 0.453 bits per heavy atom. The third kappa shape index (κ3) is 6.03. The molecule has 0 bridgehead atoms. The van der Waals surface area contributed by atoms with Gasteiger partial charge in [0, 0.05) is 55.5 Å². The number of fused-ring (bicyclic) bond motifs is 9. The van der Waals surface area contributed by atoms with Crippen molar-refractivity contribution in [1.29, 1.82) is 0 Å². The zero-order valence-corrected chi connectivity index (χ0v) is 35.3. The van der Waals surface area contributed by atoms with E-state index < -0.39 is 0 Å². The molecule has 0 saturated heterocycles. The molecule has 6 heteroatoms. The predicted octanol–water partition coefficient (Wildman–Crippen LogP) is 14.7. The molecule has 64 heavy (non-hydrogen) atoms. The van der Waals surface area contributed by atoms with Crippen LogP contribution in [0.3, 0.4) is 0 Å². The van der Waals surface area contributed by atoms with Crippen molar-refractivity contribution in [2.24, 2.45) is 9.98 Å². The van der Waals surface area contributed by atoms with E-state index in [9.17, 15) is 0 Å². The average molecular weight is 836 g/mol. The van der Waals surface area contributed by atoms with Crippen LogP contribution in [-0.2, 0) is 0 Å². The van der Waals surface area contributed by atoms with Gasteiger partial charge in [-0.15, -0.1) is 11.3 Å². The Balaban J connectivity index is 0.945. The van der Waals surface area contributed by atoms with Gasteiger partial charge in [0.2, 0.25) is 0 Å². The Hall–Kier alpha value is -8.19. The predicted molar refractivity (Wildman–Crippen MR) is 269 cm³/mol. The zero-order valence-electron chi connectivity index (χ0n) is 34.5. The molecule has 3 aromatic heterocycles. The van der Waals surface area contributed by atoms with Gasteiger partial charge in [-0.3, -0.25) is 4.98 Å². The average Bonchev–Trinajstić information content (AvgIpc) is 3.92. The molecule has 1 aliphatic rings. The van der Waals surface area contributed by atoms with E-state index in [1.165, 1.54) is 59.0 Å². The van der Waals surface area contributed by atoms with Crippen LogP contribution in [0.2, 0.25) is 0 Å². The van der Waals surface area contributed by atoms with Crippen LogP contribution in [0.15, 0.2) is 223 Å². The maximum Gasteiger partial charge on any atom is 0.161 e. The number of rotatable bonds is 6. The number of para-hydroxylation sites is 1. The van der Waals surface area contributed by atoms with Crippen molar-refractivity contribution in [3.05, 3.63) is 229 Å². The van der Waals surface area contributed by atoms with Gasteiger partial charge in [-0.25, -0.2) is 9.98 Å². The third-order valence-electron chi connectivity index (χ3n) is 12.7. The lowest BCUT2D eigenvalue weighted by molar-refractivity contribution is 0.674. The smallest absolute Gasteiger partial charge is 0.161 e. The van der Waals surface area contributed by atoms with Crippen molar-refractivity contribution in [1.82, 2.24) is 14.9 Å². The number of hydrogen-bond donors (Lipinski definition) is 1. The summed E-state index contributed by atoms with van der Waals surface area (Å²) in [6, 6.07) is 71.9. The van der Waals surface area contributed by atoms with Gasteiger partial charge in [0.25, 0.3) is 0 Å². The van der Waals surface area contributed by atoms with Gasteiger partial charge in [-0.1, -0.05) is 152 Å². The lowest BCUT2D eigenvalue weighted by Crippen LogP contribution is -2.33. The summed E-state index contributed by atoms with van der Waals surface area (Å²) in [5, 5.41) is 13.4. The summed E-state index contributed by atoms with van der Waals surface area (Å²) in [6.45, 7) is 0. The molecule has 9 aromatic carbocycles. The summed E-state index contributed by atoms with van der Waals surface area (Å²) in [7, 11) is 0. The van der Waals surface area contributed by atoms with Gasteiger partial charge in [-0.2, -0.15) is 0 Å². The van der Waals surface area contributed by atoms with Crippen molar-refractivity contribution in [3.8, 4) is 27.9 Å². The molecule has 0 aliphatic carbocycles. The second-order valence-electron chi connectivity index (χ2n) is 16.5. The molecule has 4 heterocycles. The number of hydrogen-bond acceptors (Lipinski definition) is 5. The Morgan fingerprint density at radius 2 is 1.12 bits per heavy atom. The molecule has 0 fully saturated rings. The molecule has 12 aromatic rings. The van der Waals surface area contributed by atoms with Crippen LogP contribution in [0.25, 0.3) is 91.5 Å². The topological polar surface area (TPSA) is 54.6 Å². The monoisotopic (exact) mass is 835 g/mol. The lowest BCUT2D eigenvalue weighted by Gasteiger charge is -2.24. The molecule has 5 nitrogen and oxygen atoms in total. The SMILES string of the molecule is c1ccc(-c2cccc(C3=NC(c4cncc5sc6ccc(-c7ccc8c(c7)c7ccccc7n8-c7ccc8ccc9ccccc9c8c7)cc6c45)=NC(c4ccccc4)N3)c2)cc1. The van der Waals surface area contributed by atoms with Gasteiger partial charge in [0.15, 0.2) is 5.84 Å². The highest BCUT2D eigenvalue weighted by Crippen LogP contribution is 2.41. The number of benzene rings is 9. The van der Waals surface area contributed by atoms with Crippen LogP contribution >= 0.6 is 11.3 Å². The molecule has 0 saturated carbocycles. The van der Waals surface area contributed by atoms with Crippen LogP contribution in [0.5, 0.6) is 0 Å². The van der Waals surface area contributed by atoms with E-state index >= 15 is 0 Å². The van der Waals surface area contributed by atoms with Gasteiger partial charge in [0.1, 0.15) is 12.0 Å². The fourth-order valence-electron chi connectivity index (χ4n) is 9.64. The van der Waals surface area contributed by atoms with E-state index in [1.54, 1.807) is 11.3 Å². The summed E-state index contributed by atoms with van der Waals surface area (Å²) < 4.78 is 4.72. The van der Waals surface area contributed by atoms with E-state index in [4.69, 9.17) is 15.0 Å². The number of nitrogens with one attached hydrogen (secondary N) is 1. The van der Waals surface area contributed by atoms with Crippen LogP contribution in [0.1, 0.15) is 22.9 Å². The lowest BCUT2D eigenvalue weighted by atomic mass is 9.99. The van der Waals surface area contributed by atoms with Crippen LogP contribution in [-0.4, -0.2) is 21.2 Å². The summed E-state index contributed by atoms with van der Waals surface area (Å²) >= 11 is 1.76. The van der Waals surface area contributed by atoms with Gasteiger partial charge < -0.3 is 9.88 Å². The Labute approximate surface area is 373 Å². The van der Waals surface area contributed by atoms with Crippen molar-refractivity contribution >= 4 is 86.5 Å². The fraction of sp³-hybridized carbons (Fsp3) is 0.0172. The van der Waals surface area contributed by atoms with E-state index in [2.05, 4.69) is 198 Å². The molecule has 1 unspecified atom stereocenters. The first-order valence-corrected chi connectivity index (χ1v) is 22.4. The molecule has 1 aliphatic heterocycles. The molecule has 0 radical (unpaired) electrons. The van der Waals surface area contributed by atoms with Crippen molar-refractivity contribution < 1.29 is 0 Å². The minimum absolute atomic E-state index is 0.331. The molecule has 0 amide bonds. The van der Waals surface area contributed by atoms with Crippen LogP contribution in [0.4, 0.5) is 0 Å². The molecular formula is C58H37N5S. The molecule has 1 atom stereocenters. The van der Waals surface area contributed by atoms with Crippen LogP contribution in [0, 0.1) is 0 Å². The number of aromatic nitrogens is 2. The minimum Gasteiger partial charge on any atom is -0.344 e. The van der Waals surface area contributed by atoms with E-state index in [-0.39, 0.29) is 6.17 Å². The van der Waals surface area contributed by atoms with Gasteiger partial charge in [-0.05, 0) is 97.9 Å². The van der Waals surface area contributed by atoms with E-state index in [0.717, 1.165) is 55.0 Å². The standard InChI is InChI=1S/C58H37N5S/c1-3-12-36(13-4-1)40-17-11-18-43(30-40)57-60-56(39-15-5-2-6-16-39)61-58(62-57)50-34-59-35-54-55(50)49-32-42(26-29-53(49)64-54)41-25-28-52-48(31-41)46-20-9-10-21-51(46)63(52)44-27-24-38-23-22-37-14-7-8-19-45(37)47(38)33-44/h1-35,56H,(H,60,61,62). The maximum absolute atomic E-state index is 5.30. The normalized spacial score (nSPS) is 14.1. The number of nitrogens with zero attached hydrogens (tertiary/aromatic N) is 4. The summed E-state index contributed by atoms with van der Waals surface area (Å²) in [6.07, 6.45) is 3.58. The quantitative estimate of drug-likeness (QED) is 0.170. The summed E-state index contributed by atoms with van der Waals surface area (Å²) in [5.41, 5.74) is 11.1. The zero-order chi connectivity index (χ0) is 42.1. The highest BCUT2D eigenvalue weighted by atomic mass is 32.1. The Bertz CT molecular complexity index is 3880. The van der Waals surface area contributed by atoms with Gasteiger partial charge in [0.05, 0.1) is 15.7 Å². The van der Waals surface area contributed by atoms with E-state index in [1.807, 2.05) is 24.5 Å². The van der Waals surface area contributed by atoms with Crippen LogP contribution < -0.4 is 5.32 Å². The molecular weight excluding hydrogens is 799 g/mol. The van der Waals surface area contributed by atoms with Gasteiger partial charge >= 0.3 is 0 Å². The Kier molecular flexibility index (Phi) is 8.39. The summed E-state index contributed by atoms with van der Waals surface area (Å²) in [5.74, 6) is 1.44. The van der Waals surface area contributed by atoms with Crippen molar-refractivity contribution in [2.75, 3.05) is 0 Å². The molecule has 0 spiro atoms. The van der Waals surface area contributed by atoms with Crippen molar-refractivity contribution in [2.45, 2.75) is 6.17 Å². The number of aliphatic imine (C=N–C) groups is 2. The molecule has 1 N–H and O–H groups in total. The third-order valence-corrected chi connectivity index (χ3v) is 13.8. The number of pyridine rings is 1. The second kappa shape index (κ2) is 14.7. The largest absolute Gasteiger partial charge is 0.344 e. The van der Waals surface area contributed by atoms with Crippen molar-refractivity contribution in [3.63, 3.8) is 0 Å². The Morgan fingerprint density at radius 3 is 2.00 bits per heavy atom. The second-order valence-corrected chi connectivity index (χ2v) is 17.6. The minimum atomic E-state index is -0.331. The number of amidine groups is 2. The first-order valence-electron chi connectivity index (χ1n) is 21.6. The highest BCUT2D eigenvalue weighted by Gasteiger charge is 2.24. The number of thiophene rings is 1. The summed E-state index contributed by atoms with van der Waals surface area (Å²) in [4.78, 5) is 15.4. The molecule has 300 valence electrons. The first-order chi connectivity index (χ1) is 31.7. The first kappa shape index (κ1) is 36.5. The maximum atomic E-state index is 5.30. The highest BCUT2D eigenvalue weighted by molar-refractivity contribution is 7.25. The van der Waals surface area contributed by atoms with E-state index in [0.29, 0.717) is 5.84 Å².